The highest BCUT2D eigenvalue weighted by Crippen LogP contribution is 2.31. The van der Waals surface area contributed by atoms with Crippen LogP contribution in [0.3, 0.4) is 0 Å². The molecule has 2 aliphatic heterocycles. The molecule has 1 aromatic carbocycles. The van der Waals surface area contributed by atoms with Crippen LogP contribution in [0.2, 0.25) is 0 Å². The van der Waals surface area contributed by atoms with Crippen molar-refractivity contribution >= 4 is 10.9 Å². The first-order valence-corrected chi connectivity index (χ1v) is 10.8. The summed E-state index contributed by atoms with van der Waals surface area (Å²) in [5.74, 6) is 0. The maximum absolute atomic E-state index is 11.2. The van der Waals surface area contributed by atoms with Gasteiger partial charge in [0.15, 0.2) is 6.29 Å². The van der Waals surface area contributed by atoms with Crippen molar-refractivity contribution in [1.29, 1.82) is 0 Å². The summed E-state index contributed by atoms with van der Waals surface area (Å²) in [5.41, 5.74) is 3.09. The molecule has 2 aliphatic rings. The van der Waals surface area contributed by atoms with Gasteiger partial charge in [-0.15, -0.1) is 0 Å². The molecule has 2 saturated heterocycles. The molecule has 2 fully saturated rings. The molecule has 0 spiro atoms. The van der Waals surface area contributed by atoms with Gasteiger partial charge in [-0.2, -0.15) is 0 Å². The van der Waals surface area contributed by atoms with E-state index in [0.717, 1.165) is 35.1 Å². The van der Waals surface area contributed by atoms with E-state index in [-0.39, 0.29) is 18.2 Å². The highest BCUT2D eigenvalue weighted by atomic mass is 16.7. The number of hydrogen-bond donors (Lipinski definition) is 2. The van der Waals surface area contributed by atoms with Crippen LogP contribution in [0, 0.1) is 0 Å². The van der Waals surface area contributed by atoms with E-state index in [1.807, 2.05) is 49.6 Å². The number of pyridine rings is 2. The summed E-state index contributed by atoms with van der Waals surface area (Å²) in [7, 11) is 2.01. The predicted octanol–water partition coefficient (Wildman–Crippen LogP) is 1.75. The second-order valence-electron chi connectivity index (χ2n) is 8.35. The van der Waals surface area contributed by atoms with Gasteiger partial charge in [0.05, 0.1) is 30.3 Å². The number of hydrogen-bond acceptors (Lipinski definition) is 7. The molecule has 4 heterocycles. The third-order valence-corrected chi connectivity index (χ3v) is 6.28. The molecule has 5 unspecified atom stereocenters. The fourth-order valence-electron chi connectivity index (χ4n) is 4.56. The molecule has 3 aromatic rings. The molecule has 2 aromatic heterocycles. The average Bonchev–Trinajstić information content (AvgIpc) is 3.23. The Bertz CT molecular complexity index is 1020. The largest absolute Gasteiger partial charge is 0.390 e. The normalized spacial score (nSPS) is 27.8. The number of ether oxygens (including phenoxy) is 2. The number of benzene rings is 1. The van der Waals surface area contributed by atoms with E-state index in [1.54, 1.807) is 6.20 Å². The van der Waals surface area contributed by atoms with Crippen molar-refractivity contribution in [3.8, 4) is 0 Å². The Labute approximate surface area is 182 Å². The van der Waals surface area contributed by atoms with Crippen LogP contribution in [-0.2, 0) is 22.4 Å². The topological polar surface area (TPSA) is 79.7 Å². The first kappa shape index (κ1) is 20.5. The molecule has 0 amide bonds. The van der Waals surface area contributed by atoms with E-state index >= 15 is 0 Å². The lowest BCUT2D eigenvalue weighted by Crippen LogP contribution is -2.63. The fraction of sp³-hybridized carbons (Fsp3) is 0.417. The Kier molecular flexibility index (Phi) is 5.93. The SMILES string of the molecule is CN(CCc1ccccn1)C1C2OCC(O2)C(NCc2cnc3ccccc3c2)C1O. The van der Waals surface area contributed by atoms with Crippen LogP contribution in [-0.4, -0.2) is 70.8 Å². The minimum absolute atomic E-state index is 0.158. The quantitative estimate of drug-likeness (QED) is 0.603. The van der Waals surface area contributed by atoms with Crippen LogP contribution < -0.4 is 5.32 Å². The van der Waals surface area contributed by atoms with E-state index in [1.165, 1.54) is 0 Å². The average molecular weight is 421 g/mol. The smallest absolute Gasteiger partial charge is 0.176 e. The molecule has 0 aliphatic carbocycles. The van der Waals surface area contributed by atoms with Gasteiger partial charge in [0.2, 0.25) is 0 Å². The minimum atomic E-state index is -0.603. The second kappa shape index (κ2) is 8.98. The first-order valence-electron chi connectivity index (χ1n) is 10.8. The minimum Gasteiger partial charge on any atom is -0.390 e. The van der Waals surface area contributed by atoms with Crippen molar-refractivity contribution in [3.05, 3.63) is 72.2 Å². The zero-order valence-corrected chi connectivity index (χ0v) is 17.6. The molecule has 0 saturated carbocycles. The Morgan fingerprint density at radius 2 is 2.03 bits per heavy atom. The standard InChI is InChI=1S/C24H28N4O3/c1-28(11-9-18-7-4-5-10-25-18)22-23(29)21(20-15-30-24(22)31-20)27-14-16-12-17-6-2-3-8-19(17)26-13-16/h2-8,10,12-13,20-24,27,29H,9,11,14-15H2,1H3. The van der Waals surface area contributed by atoms with E-state index in [2.05, 4.69) is 32.3 Å². The summed E-state index contributed by atoms with van der Waals surface area (Å²) >= 11 is 0. The van der Waals surface area contributed by atoms with Gasteiger partial charge in [-0.1, -0.05) is 24.3 Å². The summed E-state index contributed by atoms with van der Waals surface area (Å²) in [6, 6.07) is 15.7. The highest BCUT2D eigenvalue weighted by molar-refractivity contribution is 5.78. The molecule has 7 nitrogen and oxygen atoms in total. The lowest BCUT2D eigenvalue weighted by Gasteiger charge is -2.42. The van der Waals surface area contributed by atoms with E-state index < -0.39 is 12.4 Å². The molecular weight excluding hydrogens is 392 g/mol. The van der Waals surface area contributed by atoms with Crippen LogP contribution in [0.4, 0.5) is 0 Å². The Hall–Kier alpha value is -2.42. The lowest BCUT2D eigenvalue weighted by molar-refractivity contribution is -0.178. The lowest BCUT2D eigenvalue weighted by atomic mass is 9.94. The van der Waals surface area contributed by atoms with Gasteiger partial charge in [-0.25, -0.2) is 0 Å². The number of aliphatic hydroxyl groups excluding tert-OH is 1. The third-order valence-electron chi connectivity index (χ3n) is 6.28. The number of nitrogens with one attached hydrogen (secondary N) is 1. The molecule has 2 N–H and O–H groups in total. The molecule has 162 valence electrons. The molecule has 7 heteroatoms. The monoisotopic (exact) mass is 420 g/mol. The van der Waals surface area contributed by atoms with Crippen LogP contribution in [0.5, 0.6) is 0 Å². The van der Waals surface area contributed by atoms with Crippen LogP contribution >= 0.6 is 0 Å². The predicted molar refractivity (Wildman–Crippen MR) is 117 cm³/mol. The maximum Gasteiger partial charge on any atom is 0.176 e. The van der Waals surface area contributed by atoms with Crippen molar-refractivity contribution in [2.24, 2.45) is 0 Å². The number of para-hydroxylation sites is 1. The summed E-state index contributed by atoms with van der Waals surface area (Å²) in [6.45, 7) is 1.85. The zero-order chi connectivity index (χ0) is 21.2. The molecule has 0 radical (unpaired) electrons. The van der Waals surface area contributed by atoms with Crippen molar-refractivity contribution in [2.45, 2.75) is 43.5 Å². The van der Waals surface area contributed by atoms with E-state index in [9.17, 15) is 5.11 Å². The van der Waals surface area contributed by atoms with Crippen LogP contribution in [0.25, 0.3) is 10.9 Å². The van der Waals surface area contributed by atoms with Gasteiger partial charge in [0.25, 0.3) is 0 Å². The zero-order valence-electron chi connectivity index (χ0n) is 17.6. The Morgan fingerprint density at radius 1 is 1.16 bits per heavy atom. The van der Waals surface area contributed by atoms with Crippen molar-refractivity contribution < 1.29 is 14.6 Å². The molecule has 5 atom stereocenters. The van der Waals surface area contributed by atoms with Crippen LogP contribution in [0.1, 0.15) is 11.3 Å². The first-order chi connectivity index (χ1) is 15.2. The summed E-state index contributed by atoms with van der Waals surface area (Å²) in [5, 5.41) is 15.8. The number of fused-ring (bicyclic) bond motifs is 3. The molecular formula is C24H28N4O3. The Balaban J connectivity index is 1.25. The number of likely N-dealkylation sites (N-methyl/N-ethyl adjacent to an activating group) is 1. The highest BCUT2D eigenvalue weighted by Gasteiger charge is 2.51. The molecule has 31 heavy (non-hydrogen) atoms. The van der Waals surface area contributed by atoms with Gasteiger partial charge in [-0.3, -0.25) is 14.9 Å². The van der Waals surface area contributed by atoms with Crippen molar-refractivity contribution in [3.63, 3.8) is 0 Å². The third kappa shape index (κ3) is 4.33. The van der Waals surface area contributed by atoms with Gasteiger partial charge in [0.1, 0.15) is 6.10 Å². The summed E-state index contributed by atoms with van der Waals surface area (Å²) in [6.07, 6.45) is 3.32. The van der Waals surface area contributed by atoms with Gasteiger partial charge >= 0.3 is 0 Å². The Morgan fingerprint density at radius 3 is 2.90 bits per heavy atom. The van der Waals surface area contributed by atoms with E-state index in [0.29, 0.717) is 13.2 Å². The molecule has 2 bridgehead atoms. The fourth-order valence-corrected chi connectivity index (χ4v) is 4.56. The van der Waals surface area contributed by atoms with Gasteiger partial charge in [-0.05, 0) is 36.9 Å². The number of rotatable bonds is 7. The van der Waals surface area contributed by atoms with Crippen molar-refractivity contribution in [2.75, 3.05) is 20.2 Å². The molecule has 5 rings (SSSR count). The maximum atomic E-state index is 11.2. The number of aromatic nitrogens is 2. The van der Waals surface area contributed by atoms with Gasteiger partial charge < -0.3 is 19.9 Å². The van der Waals surface area contributed by atoms with Crippen LogP contribution in [0.15, 0.2) is 60.9 Å². The van der Waals surface area contributed by atoms with Crippen molar-refractivity contribution in [1.82, 2.24) is 20.2 Å². The van der Waals surface area contributed by atoms with Gasteiger partial charge in [0, 0.05) is 43.0 Å². The number of nitrogens with zero attached hydrogens (tertiary/aromatic N) is 3. The second-order valence-corrected chi connectivity index (χ2v) is 8.35. The summed E-state index contributed by atoms with van der Waals surface area (Å²) < 4.78 is 12.0. The van der Waals surface area contributed by atoms with E-state index in [4.69, 9.17) is 9.47 Å². The summed E-state index contributed by atoms with van der Waals surface area (Å²) in [4.78, 5) is 11.0. The number of aliphatic hydroxyl groups is 1.